The van der Waals surface area contributed by atoms with Gasteiger partial charge >= 0.3 is 0 Å². The predicted octanol–water partition coefficient (Wildman–Crippen LogP) is 1.90. The van der Waals surface area contributed by atoms with Gasteiger partial charge in [-0.15, -0.1) is 0 Å². The first-order chi connectivity index (χ1) is 13.0. The molecule has 7 nitrogen and oxygen atoms in total. The van der Waals surface area contributed by atoms with Crippen molar-refractivity contribution in [1.29, 1.82) is 0 Å². The summed E-state index contributed by atoms with van der Waals surface area (Å²) in [4.78, 5) is 24.2. The third-order valence-corrected chi connectivity index (χ3v) is 3.81. The molecule has 0 saturated heterocycles. The summed E-state index contributed by atoms with van der Waals surface area (Å²) in [6, 6.07) is 13.8. The molecule has 7 heteroatoms. The number of hydrogen-bond donors (Lipinski definition) is 2. The number of carbonyl (C=O) groups is 2. The number of rotatable bonds is 8. The van der Waals surface area contributed by atoms with Gasteiger partial charge in [-0.2, -0.15) is 5.10 Å². The molecule has 1 unspecified atom stereocenters. The third kappa shape index (κ3) is 6.14. The van der Waals surface area contributed by atoms with E-state index < -0.39 is 11.9 Å². The first-order valence-electron chi connectivity index (χ1n) is 8.41. The molecule has 27 heavy (non-hydrogen) atoms. The van der Waals surface area contributed by atoms with Crippen molar-refractivity contribution >= 4 is 18.0 Å². The van der Waals surface area contributed by atoms with Crippen LogP contribution in [0.25, 0.3) is 0 Å². The zero-order valence-corrected chi connectivity index (χ0v) is 15.6. The number of hydrazone groups is 1. The van der Waals surface area contributed by atoms with E-state index in [0.29, 0.717) is 5.75 Å². The molecule has 2 N–H and O–H groups in total. The number of para-hydroxylation sites is 1. The van der Waals surface area contributed by atoms with E-state index in [2.05, 4.69) is 15.8 Å². The van der Waals surface area contributed by atoms with E-state index >= 15 is 0 Å². The maximum Gasteiger partial charge on any atom is 0.262 e. The number of amides is 2. The van der Waals surface area contributed by atoms with Crippen LogP contribution in [0.5, 0.6) is 11.5 Å². The number of carbonyl (C=O) groups excluding carboxylic acids is 2. The molecule has 2 rings (SSSR count). The molecule has 0 saturated carbocycles. The minimum absolute atomic E-state index is 0.173. The molecule has 0 radical (unpaired) electrons. The zero-order valence-electron chi connectivity index (χ0n) is 15.6. The van der Waals surface area contributed by atoms with Crippen LogP contribution >= 0.6 is 0 Å². The second kappa shape index (κ2) is 9.96. The largest absolute Gasteiger partial charge is 0.497 e. The molecular weight excluding hydrogens is 346 g/mol. The van der Waals surface area contributed by atoms with Crippen molar-refractivity contribution in [3.05, 3.63) is 59.7 Å². The van der Waals surface area contributed by atoms with Crippen LogP contribution in [0.4, 0.5) is 0 Å². The lowest BCUT2D eigenvalue weighted by molar-refractivity contribution is -0.128. The highest BCUT2D eigenvalue weighted by Crippen LogP contribution is 2.14. The van der Waals surface area contributed by atoms with Gasteiger partial charge in [-0.05, 0) is 36.8 Å². The van der Waals surface area contributed by atoms with Gasteiger partial charge in [-0.3, -0.25) is 9.59 Å². The summed E-state index contributed by atoms with van der Waals surface area (Å²) in [5.41, 5.74) is 3.97. The van der Waals surface area contributed by atoms with E-state index in [9.17, 15) is 9.59 Å². The normalized spacial score (nSPS) is 11.7. The molecule has 1 atom stereocenters. The Morgan fingerprint density at radius 2 is 1.78 bits per heavy atom. The van der Waals surface area contributed by atoms with Gasteiger partial charge in [0.25, 0.3) is 5.91 Å². The van der Waals surface area contributed by atoms with Crippen LogP contribution in [-0.4, -0.2) is 38.3 Å². The number of nitrogens with one attached hydrogen (secondary N) is 2. The highest BCUT2D eigenvalue weighted by atomic mass is 16.5. The highest BCUT2D eigenvalue weighted by molar-refractivity contribution is 5.89. The van der Waals surface area contributed by atoms with Crippen molar-refractivity contribution in [3.8, 4) is 11.5 Å². The summed E-state index contributed by atoms with van der Waals surface area (Å²) < 4.78 is 10.3. The lowest BCUT2D eigenvalue weighted by Crippen LogP contribution is -2.43. The monoisotopic (exact) mass is 369 g/mol. The molecular formula is C20H23N3O4. The Morgan fingerprint density at radius 3 is 2.44 bits per heavy atom. The maximum atomic E-state index is 12.1. The fourth-order valence-electron chi connectivity index (χ4n) is 2.32. The molecule has 0 spiro atoms. The Balaban J connectivity index is 1.83. The van der Waals surface area contributed by atoms with E-state index in [1.165, 1.54) is 6.21 Å². The van der Waals surface area contributed by atoms with Crippen molar-refractivity contribution in [2.75, 3.05) is 14.2 Å². The molecule has 0 aromatic heterocycles. The SMILES string of the molecule is COc1ccc(CC(=O)NC(C)C(=O)NN=Cc2ccccc2OC)cc1. The lowest BCUT2D eigenvalue weighted by Gasteiger charge is -2.12. The van der Waals surface area contributed by atoms with Crippen LogP contribution in [0.3, 0.4) is 0 Å². The molecule has 0 fully saturated rings. The molecule has 0 heterocycles. The van der Waals surface area contributed by atoms with Crippen molar-refractivity contribution in [3.63, 3.8) is 0 Å². The summed E-state index contributed by atoms with van der Waals surface area (Å²) in [5, 5.41) is 6.56. The Labute approximate surface area is 158 Å². The average molecular weight is 369 g/mol. The molecule has 0 aliphatic rings. The first kappa shape index (κ1) is 20.0. The molecule has 0 aliphatic carbocycles. The van der Waals surface area contributed by atoms with Gasteiger partial charge in [-0.1, -0.05) is 24.3 Å². The molecule has 0 bridgehead atoms. The number of nitrogens with zero attached hydrogens (tertiary/aromatic N) is 1. The Hall–Kier alpha value is -3.35. The molecule has 142 valence electrons. The number of hydrogen-bond acceptors (Lipinski definition) is 5. The van der Waals surface area contributed by atoms with Crippen LogP contribution in [0, 0.1) is 0 Å². The van der Waals surface area contributed by atoms with E-state index in [1.807, 2.05) is 18.2 Å². The van der Waals surface area contributed by atoms with Gasteiger partial charge in [0.2, 0.25) is 5.91 Å². The average Bonchev–Trinajstić information content (AvgIpc) is 2.68. The maximum absolute atomic E-state index is 12.1. The lowest BCUT2D eigenvalue weighted by atomic mass is 10.1. The van der Waals surface area contributed by atoms with Gasteiger partial charge in [0.1, 0.15) is 17.5 Å². The summed E-state index contributed by atoms with van der Waals surface area (Å²) in [6.45, 7) is 1.60. The van der Waals surface area contributed by atoms with Gasteiger partial charge in [0, 0.05) is 5.56 Å². The summed E-state index contributed by atoms with van der Waals surface area (Å²) >= 11 is 0. The fraction of sp³-hybridized carbons (Fsp3) is 0.250. The minimum Gasteiger partial charge on any atom is -0.497 e. The Kier molecular flexibility index (Phi) is 7.37. The summed E-state index contributed by atoms with van der Waals surface area (Å²) in [5.74, 6) is 0.705. The number of ether oxygens (including phenoxy) is 2. The fourth-order valence-corrected chi connectivity index (χ4v) is 2.32. The quantitative estimate of drug-likeness (QED) is 0.549. The van der Waals surface area contributed by atoms with Crippen LogP contribution in [0.15, 0.2) is 53.6 Å². The molecule has 2 aromatic rings. The van der Waals surface area contributed by atoms with Crippen molar-refractivity contribution in [2.24, 2.45) is 5.10 Å². The van der Waals surface area contributed by atoms with E-state index in [0.717, 1.165) is 16.9 Å². The van der Waals surface area contributed by atoms with E-state index in [1.54, 1.807) is 51.5 Å². The Bertz CT molecular complexity index is 803. The second-order valence-electron chi connectivity index (χ2n) is 5.79. The summed E-state index contributed by atoms with van der Waals surface area (Å²) in [7, 11) is 3.14. The van der Waals surface area contributed by atoms with E-state index in [-0.39, 0.29) is 12.3 Å². The first-order valence-corrected chi connectivity index (χ1v) is 8.41. The molecule has 0 aliphatic heterocycles. The van der Waals surface area contributed by atoms with Crippen molar-refractivity contribution < 1.29 is 19.1 Å². The van der Waals surface area contributed by atoms with Gasteiger partial charge in [0.05, 0.1) is 26.9 Å². The van der Waals surface area contributed by atoms with Gasteiger partial charge in [0.15, 0.2) is 0 Å². The molecule has 2 aromatic carbocycles. The van der Waals surface area contributed by atoms with Crippen LogP contribution in [0.2, 0.25) is 0 Å². The van der Waals surface area contributed by atoms with Crippen LogP contribution in [-0.2, 0) is 16.0 Å². The topological polar surface area (TPSA) is 89.0 Å². The van der Waals surface area contributed by atoms with Crippen molar-refractivity contribution in [1.82, 2.24) is 10.7 Å². The van der Waals surface area contributed by atoms with Crippen LogP contribution < -0.4 is 20.2 Å². The third-order valence-electron chi connectivity index (χ3n) is 3.81. The number of methoxy groups -OCH3 is 2. The van der Waals surface area contributed by atoms with E-state index in [4.69, 9.17) is 9.47 Å². The number of benzene rings is 2. The summed E-state index contributed by atoms with van der Waals surface area (Å²) in [6.07, 6.45) is 1.66. The van der Waals surface area contributed by atoms with Crippen LogP contribution in [0.1, 0.15) is 18.1 Å². The zero-order chi connectivity index (χ0) is 19.6. The van der Waals surface area contributed by atoms with Gasteiger partial charge < -0.3 is 14.8 Å². The predicted molar refractivity (Wildman–Crippen MR) is 103 cm³/mol. The second-order valence-corrected chi connectivity index (χ2v) is 5.79. The van der Waals surface area contributed by atoms with Crippen molar-refractivity contribution in [2.45, 2.75) is 19.4 Å². The minimum atomic E-state index is -0.717. The molecule has 2 amide bonds. The standard InChI is InChI=1S/C20H23N3O4/c1-14(22-19(24)12-15-8-10-17(26-2)11-9-15)20(25)23-21-13-16-6-4-5-7-18(16)27-3/h4-11,13-14H,12H2,1-3H3,(H,22,24)(H,23,25). The smallest absolute Gasteiger partial charge is 0.262 e. The highest BCUT2D eigenvalue weighted by Gasteiger charge is 2.15. The van der Waals surface area contributed by atoms with Gasteiger partial charge in [-0.25, -0.2) is 5.43 Å². The Morgan fingerprint density at radius 1 is 1.07 bits per heavy atom.